The molecule has 130 valence electrons. The molecule has 0 bridgehead atoms. The van der Waals surface area contributed by atoms with Crippen molar-refractivity contribution in [1.82, 2.24) is 0 Å². The number of benzene rings is 1. The number of anilines is 1. The van der Waals surface area contributed by atoms with Gasteiger partial charge in [-0.15, -0.1) is 0 Å². The second-order valence-electron chi connectivity index (χ2n) is 5.66. The molecule has 0 aliphatic rings. The first-order valence-electron chi connectivity index (χ1n) is 7.78. The van der Waals surface area contributed by atoms with Crippen molar-refractivity contribution < 1.29 is 19.1 Å². The zero-order chi connectivity index (χ0) is 18.1. The summed E-state index contributed by atoms with van der Waals surface area (Å²) in [6, 6.07) is 7.95. The minimum absolute atomic E-state index is 0.230. The largest absolute Gasteiger partial charge is 0.460 e. The van der Waals surface area contributed by atoms with Crippen LogP contribution in [0.4, 0.5) is 5.69 Å². The van der Waals surface area contributed by atoms with Gasteiger partial charge in [0.25, 0.3) is 0 Å². The highest BCUT2D eigenvalue weighted by Crippen LogP contribution is 2.15. The summed E-state index contributed by atoms with van der Waals surface area (Å²) in [7, 11) is 0. The van der Waals surface area contributed by atoms with Crippen molar-refractivity contribution >= 4 is 17.6 Å². The summed E-state index contributed by atoms with van der Waals surface area (Å²) in [5.41, 5.74) is 2.84. The van der Waals surface area contributed by atoms with E-state index in [0.717, 1.165) is 11.3 Å². The minimum atomic E-state index is -0.409. The van der Waals surface area contributed by atoms with Gasteiger partial charge in [0.1, 0.15) is 13.2 Å². The number of carbonyl (C=O) groups excluding carboxylic acids is 2. The molecule has 5 heteroatoms. The molecule has 0 unspecified atom stereocenters. The first-order valence-corrected chi connectivity index (χ1v) is 7.78. The molecule has 0 aliphatic carbocycles. The molecule has 0 saturated heterocycles. The highest BCUT2D eigenvalue weighted by molar-refractivity contribution is 5.87. The van der Waals surface area contributed by atoms with Gasteiger partial charge in [-0.3, -0.25) is 0 Å². The van der Waals surface area contributed by atoms with Gasteiger partial charge in [-0.25, -0.2) is 9.59 Å². The maximum atomic E-state index is 11.5. The minimum Gasteiger partial charge on any atom is -0.460 e. The van der Waals surface area contributed by atoms with Crippen molar-refractivity contribution in [2.24, 2.45) is 0 Å². The van der Waals surface area contributed by atoms with Gasteiger partial charge in [0, 0.05) is 16.8 Å². The Hall–Kier alpha value is -2.56. The van der Waals surface area contributed by atoms with Crippen molar-refractivity contribution in [2.75, 3.05) is 31.2 Å². The Kier molecular flexibility index (Phi) is 7.75. The molecule has 0 atom stereocenters. The third-order valence-electron chi connectivity index (χ3n) is 3.25. The monoisotopic (exact) mass is 331 g/mol. The van der Waals surface area contributed by atoms with Gasteiger partial charge < -0.3 is 14.4 Å². The molecule has 1 aromatic rings. The van der Waals surface area contributed by atoms with Gasteiger partial charge >= 0.3 is 11.9 Å². The first-order chi connectivity index (χ1) is 11.3. The van der Waals surface area contributed by atoms with Crippen LogP contribution in [0.5, 0.6) is 0 Å². The van der Waals surface area contributed by atoms with Crippen LogP contribution in [0.3, 0.4) is 0 Å². The molecule has 0 fully saturated rings. The molecule has 0 spiro atoms. The Morgan fingerprint density at radius 3 is 1.92 bits per heavy atom. The summed E-state index contributed by atoms with van der Waals surface area (Å²) in [6.07, 6.45) is 0. The Balaban J connectivity index is 2.65. The number of nitrogens with zero attached hydrogens (tertiary/aromatic N) is 1. The topological polar surface area (TPSA) is 55.8 Å². The van der Waals surface area contributed by atoms with Gasteiger partial charge in [-0.05, 0) is 38.5 Å². The Labute approximate surface area is 143 Å². The molecule has 0 radical (unpaired) electrons. The molecule has 24 heavy (non-hydrogen) atoms. The number of ether oxygens (including phenoxy) is 2. The lowest BCUT2D eigenvalue weighted by Crippen LogP contribution is -2.32. The van der Waals surface area contributed by atoms with Gasteiger partial charge in [0.05, 0.1) is 13.1 Å². The van der Waals surface area contributed by atoms with E-state index in [9.17, 15) is 9.59 Å². The Bertz CT molecular complexity index is 590. The number of rotatable bonds is 9. The second-order valence-corrected chi connectivity index (χ2v) is 5.66. The van der Waals surface area contributed by atoms with Gasteiger partial charge in [-0.2, -0.15) is 0 Å². The van der Waals surface area contributed by atoms with E-state index >= 15 is 0 Å². The SMILES string of the molecule is C=C(C)C(=O)OCCN(CCOC(=O)C(=C)C)c1cccc(C)c1. The maximum absolute atomic E-state index is 11.5. The third-order valence-corrected chi connectivity index (χ3v) is 3.25. The fraction of sp³-hybridized carbons (Fsp3) is 0.368. The fourth-order valence-corrected chi connectivity index (χ4v) is 1.94. The van der Waals surface area contributed by atoms with Gasteiger partial charge in [0.15, 0.2) is 0 Å². The zero-order valence-electron chi connectivity index (χ0n) is 14.6. The molecule has 0 aromatic heterocycles. The molecule has 0 amide bonds. The van der Waals surface area contributed by atoms with E-state index in [1.807, 2.05) is 36.1 Å². The quantitative estimate of drug-likeness (QED) is 0.514. The molecule has 1 rings (SSSR count). The van der Waals surface area contributed by atoms with Crippen molar-refractivity contribution in [3.63, 3.8) is 0 Å². The standard InChI is InChI=1S/C19H25NO4/c1-14(2)18(21)23-11-9-20(10-12-24-19(22)15(3)4)17-8-6-7-16(5)13-17/h6-8,13H,1,3,9-12H2,2,4-5H3. The fourth-order valence-electron chi connectivity index (χ4n) is 1.94. The summed E-state index contributed by atoms with van der Waals surface area (Å²) in [5.74, 6) is -0.819. The van der Waals surface area contributed by atoms with Crippen LogP contribution in [0.25, 0.3) is 0 Å². The molecule has 0 N–H and O–H groups in total. The predicted octanol–water partition coefficient (Wildman–Crippen LogP) is 3.04. The number of esters is 2. The van der Waals surface area contributed by atoms with Crippen LogP contribution in [-0.4, -0.2) is 38.2 Å². The van der Waals surface area contributed by atoms with E-state index in [2.05, 4.69) is 13.2 Å². The second kappa shape index (κ2) is 9.55. The van der Waals surface area contributed by atoms with Crippen molar-refractivity contribution in [3.8, 4) is 0 Å². The van der Waals surface area contributed by atoms with Crippen LogP contribution < -0.4 is 4.90 Å². The zero-order valence-corrected chi connectivity index (χ0v) is 14.6. The number of carbonyl (C=O) groups is 2. The molecular formula is C19H25NO4. The van der Waals surface area contributed by atoms with E-state index in [4.69, 9.17) is 9.47 Å². The molecule has 0 heterocycles. The van der Waals surface area contributed by atoms with Crippen LogP contribution >= 0.6 is 0 Å². The average Bonchev–Trinajstić information content (AvgIpc) is 2.52. The Morgan fingerprint density at radius 2 is 1.50 bits per heavy atom. The molecular weight excluding hydrogens is 306 g/mol. The van der Waals surface area contributed by atoms with Gasteiger partial charge in [0.2, 0.25) is 0 Å². The smallest absolute Gasteiger partial charge is 0.333 e. The molecule has 0 saturated carbocycles. The normalized spacial score (nSPS) is 9.96. The highest BCUT2D eigenvalue weighted by atomic mass is 16.5. The summed E-state index contributed by atoms with van der Waals surface area (Å²) >= 11 is 0. The van der Waals surface area contributed by atoms with Gasteiger partial charge in [-0.1, -0.05) is 25.3 Å². The lowest BCUT2D eigenvalue weighted by molar-refractivity contribution is -0.139. The lowest BCUT2D eigenvalue weighted by atomic mass is 10.2. The Morgan fingerprint density at radius 1 is 1.00 bits per heavy atom. The van der Waals surface area contributed by atoms with E-state index < -0.39 is 11.9 Å². The van der Waals surface area contributed by atoms with E-state index in [1.165, 1.54) is 0 Å². The number of hydrogen-bond donors (Lipinski definition) is 0. The summed E-state index contributed by atoms with van der Waals surface area (Å²) in [4.78, 5) is 25.0. The first kappa shape index (κ1) is 19.5. The summed E-state index contributed by atoms with van der Waals surface area (Å²) in [6.45, 7) is 13.8. The van der Waals surface area contributed by atoms with Crippen LogP contribution in [0.2, 0.25) is 0 Å². The van der Waals surface area contributed by atoms with Crippen molar-refractivity contribution in [1.29, 1.82) is 0 Å². The van der Waals surface area contributed by atoms with Crippen LogP contribution in [0.1, 0.15) is 19.4 Å². The van der Waals surface area contributed by atoms with Crippen LogP contribution in [-0.2, 0) is 19.1 Å². The number of hydrogen-bond acceptors (Lipinski definition) is 5. The molecule has 0 aliphatic heterocycles. The van der Waals surface area contributed by atoms with Crippen molar-refractivity contribution in [3.05, 3.63) is 54.1 Å². The molecule has 5 nitrogen and oxygen atoms in total. The third kappa shape index (κ3) is 6.69. The van der Waals surface area contributed by atoms with Crippen LogP contribution in [0.15, 0.2) is 48.6 Å². The van der Waals surface area contributed by atoms with Crippen molar-refractivity contribution in [2.45, 2.75) is 20.8 Å². The molecule has 1 aromatic carbocycles. The van der Waals surface area contributed by atoms with E-state index in [-0.39, 0.29) is 13.2 Å². The highest BCUT2D eigenvalue weighted by Gasteiger charge is 2.11. The maximum Gasteiger partial charge on any atom is 0.333 e. The average molecular weight is 331 g/mol. The summed E-state index contributed by atoms with van der Waals surface area (Å²) in [5, 5.41) is 0. The van der Waals surface area contributed by atoms with E-state index in [1.54, 1.807) is 13.8 Å². The number of aryl methyl sites for hydroxylation is 1. The van der Waals surface area contributed by atoms with Crippen LogP contribution in [0, 0.1) is 6.92 Å². The predicted molar refractivity (Wildman–Crippen MR) is 94.9 cm³/mol. The lowest BCUT2D eigenvalue weighted by Gasteiger charge is -2.25. The summed E-state index contributed by atoms with van der Waals surface area (Å²) < 4.78 is 10.3. The van der Waals surface area contributed by atoms with E-state index in [0.29, 0.717) is 24.2 Å².